The largest absolute Gasteiger partial charge is 0.370 e. The van der Waals surface area contributed by atoms with Gasteiger partial charge < -0.3 is 5.32 Å². The second-order valence-electron chi connectivity index (χ2n) is 5.65. The van der Waals surface area contributed by atoms with Gasteiger partial charge in [-0.25, -0.2) is 4.68 Å². The van der Waals surface area contributed by atoms with Crippen molar-refractivity contribution in [1.82, 2.24) is 9.78 Å². The molecule has 22 heavy (non-hydrogen) atoms. The summed E-state index contributed by atoms with van der Waals surface area (Å²) in [5.41, 5.74) is 4.18. The highest BCUT2D eigenvalue weighted by atomic mass is 16.6. The van der Waals surface area contributed by atoms with E-state index in [2.05, 4.69) is 12.2 Å². The lowest BCUT2D eigenvalue weighted by molar-refractivity contribution is -0.384. The number of nitro benzene ring substituents is 1. The Morgan fingerprint density at radius 1 is 1.41 bits per heavy atom. The summed E-state index contributed by atoms with van der Waals surface area (Å²) in [6.07, 6.45) is 4.16. The second-order valence-corrected chi connectivity index (χ2v) is 5.65. The first-order valence-corrected chi connectivity index (χ1v) is 7.72. The van der Waals surface area contributed by atoms with Crippen molar-refractivity contribution < 1.29 is 4.92 Å². The molecular formula is C16H20N4O2. The number of non-ortho nitro benzene ring substituents is 1. The van der Waals surface area contributed by atoms with Gasteiger partial charge in [-0.1, -0.05) is 13.0 Å². The fourth-order valence-electron chi connectivity index (χ4n) is 2.97. The van der Waals surface area contributed by atoms with Crippen LogP contribution in [-0.4, -0.2) is 21.2 Å². The number of nitrogens with one attached hydrogen (secondary N) is 1. The van der Waals surface area contributed by atoms with Crippen molar-refractivity contribution in [1.29, 1.82) is 0 Å². The summed E-state index contributed by atoms with van der Waals surface area (Å²) in [6.45, 7) is 4.96. The first kappa shape index (κ1) is 14.6. The van der Waals surface area contributed by atoms with Gasteiger partial charge in [-0.05, 0) is 38.2 Å². The van der Waals surface area contributed by atoms with Gasteiger partial charge in [-0.3, -0.25) is 10.1 Å². The van der Waals surface area contributed by atoms with Crippen LogP contribution < -0.4 is 5.32 Å². The molecule has 1 N–H and O–H groups in total. The first-order valence-electron chi connectivity index (χ1n) is 7.72. The zero-order chi connectivity index (χ0) is 15.7. The maximum atomic E-state index is 11.1. The van der Waals surface area contributed by atoms with Gasteiger partial charge in [-0.2, -0.15) is 5.10 Å². The Balaban J connectivity index is 2.18. The number of benzene rings is 1. The molecule has 0 fully saturated rings. The minimum atomic E-state index is -0.362. The summed E-state index contributed by atoms with van der Waals surface area (Å²) in [6, 6.07) is 4.92. The van der Waals surface area contributed by atoms with Crippen molar-refractivity contribution in [2.24, 2.45) is 0 Å². The smallest absolute Gasteiger partial charge is 0.271 e. The minimum absolute atomic E-state index is 0.0940. The molecule has 1 aromatic heterocycles. The number of hydrogen-bond donors (Lipinski definition) is 1. The SMILES string of the molecule is CCc1nn(-c2cc([N+](=O)[O-])ccc2C)c2c1CCCCN2. The quantitative estimate of drug-likeness (QED) is 0.696. The Morgan fingerprint density at radius 2 is 2.23 bits per heavy atom. The van der Waals surface area contributed by atoms with Crippen LogP contribution in [0.1, 0.15) is 36.6 Å². The number of aryl methyl sites for hydroxylation is 2. The zero-order valence-electron chi connectivity index (χ0n) is 12.9. The van der Waals surface area contributed by atoms with E-state index in [1.807, 2.05) is 11.6 Å². The number of hydrogen-bond acceptors (Lipinski definition) is 4. The predicted molar refractivity (Wildman–Crippen MR) is 85.8 cm³/mol. The van der Waals surface area contributed by atoms with Crippen LogP contribution in [0.2, 0.25) is 0 Å². The highest BCUT2D eigenvalue weighted by molar-refractivity contribution is 5.58. The van der Waals surface area contributed by atoms with E-state index in [4.69, 9.17) is 5.10 Å². The van der Waals surface area contributed by atoms with Gasteiger partial charge >= 0.3 is 0 Å². The Kier molecular flexibility index (Phi) is 3.83. The summed E-state index contributed by atoms with van der Waals surface area (Å²) < 4.78 is 1.85. The van der Waals surface area contributed by atoms with Crippen LogP contribution >= 0.6 is 0 Å². The lowest BCUT2D eigenvalue weighted by Crippen LogP contribution is -2.08. The molecule has 6 heteroatoms. The van der Waals surface area contributed by atoms with Crippen molar-refractivity contribution in [3.05, 3.63) is 45.1 Å². The van der Waals surface area contributed by atoms with Crippen molar-refractivity contribution in [2.75, 3.05) is 11.9 Å². The Labute approximate surface area is 129 Å². The van der Waals surface area contributed by atoms with E-state index in [1.165, 1.54) is 11.6 Å². The van der Waals surface area contributed by atoms with Gasteiger partial charge in [0, 0.05) is 24.2 Å². The predicted octanol–water partition coefficient (Wildman–Crippen LogP) is 3.40. The highest BCUT2D eigenvalue weighted by Crippen LogP contribution is 2.30. The average molecular weight is 300 g/mol. The van der Waals surface area contributed by atoms with Crippen molar-refractivity contribution in [2.45, 2.75) is 39.5 Å². The van der Waals surface area contributed by atoms with E-state index in [0.717, 1.165) is 55.0 Å². The maximum Gasteiger partial charge on any atom is 0.271 e. The van der Waals surface area contributed by atoms with E-state index >= 15 is 0 Å². The molecule has 116 valence electrons. The standard InChI is InChI=1S/C16H20N4O2/c1-3-14-13-6-4-5-9-17-16(13)19(18-14)15-10-12(20(21)22)8-7-11(15)2/h7-8,10,17H,3-6,9H2,1-2H3. The van der Waals surface area contributed by atoms with Crippen LogP contribution in [0.15, 0.2) is 18.2 Å². The zero-order valence-corrected chi connectivity index (χ0v) is 12.9. The summed E-state index contributed by atoms with van der Waals surface area (Å²) >= 11 is 0. The number of rotatable bonds is 3. The van der Waals surface area contributed by atoms with Crippen LogP contribution in [0.25, 0.3) is 5.69 Å². The lowest BCUT2D eigenvalue weighted by Gasteiger charge is -2.11. The van der Waals surface area contributed by atoms with E-state index < -0.39 is 0 Å². The normalized spacial score (nSPS) is 14.1. The summed E-state index contributed by atoms with van der Waals surface area (Å²) in [4.78, 5) is 10.7. The molecular weight excluding hydrogens is 280 g/mol. The molecule has 0 atom stereocenters. The Bertz CT molecular complexity index is 721. The molecule has 2 aromatic rings. The molecule has 0 unspecified atom stereocenters. The third-order valence-corrected chi connectivity index (χ3v) is 4.18. The molecule has 2 heterocycles. The van der Waals surface area contributed by atoms with E-state index in [0.29, 0.717) is 0 Å². The highest BCUT2D eigenvalue weighted by Gasteiger charge is 2.21. The molecule has 0 radical (unpaired) electrons. The topological polar surface area (TPSA) is 73.0 Å². The summed E-state index contributed by atoms with van der Waals surface area (Å²) in [5, 5.41) is 19.2. The Morgan fingerprint density at radius 3 is 2.95 bits per heavy atom. The van der Waals surface area contributed by atoms with E-state index in [-0.39, 0.29) is 10.6 Å². The molecule has 1 aliphatic heterocycles. The molecule has 0 saturated heterocycles. The van der Waals surface area contributed by atoms with Crippen LogP contribution in [-0.2, 0) is 12.8 Å². The number of fused-ring (bicyclic) bond motifs is 1. The first-order chi connectivity index (χ1) is 10.6. The van der Waals surface area contributed by atoms with E-state index in [1.54, 1.807) is 12.1 Å². The maximum absolute atomic E-state index is 11.1. The minimum Gasteiger partial charge on any atom is -0.370 e. The van der Waals surface area contributed by atoms with Crippen molar-refractivity contribution >= 4 is 11.5 Å². The van der Waals surface area contributed by atoms with Crippen molar-refractivity contribution in [3.63, 3.8) is 0 Å². The molecule has 0 spiro atoms. The second kappa shape index (κ2) is 5.79. The van der Waals surface area contributed by atoms with Crippen LogP contribution in [0.5, 0.6) is 0 Å². The summed E-state index contributed by atoms with van der Waals surface area (Å²) in [7, 11) is 0. The molecule has 1 aliphatic rings. The van der Waals surface area contributed by atoms with Crippen LogP contribution in [0, 0.1) is 17.0 Å². The third kappa shape index (κ3) is 2.45. The Hall–Kier alpha value is -2.37. The van der Waals surface area contributed by atoms with Gasteiger partial charge in [0.1, 0.15) is 5.82 Å². The molecule has 0 bridgehead atoms. The molecule has 1 aromatic carbocycles. The van der Waals surface area contributed by atoms with Gasteiger partial charge in [0.25, 0.3) is 5.69 Å². The number of nitro groups is 1. The molecule has 0 aliphatic carbocycles. The lowest BCUT2D eigenvalue weighted by atomic mass is 10.1. The number of nitrogens with zero attached hydrogens (tertiary/aromatic N) is 3. The monoisotopic (exact) mass is 300 g/mol. The van der Waals surface area contributed by atoms with Gasteiger partial charge in [0.2, 0.25) is 0 Å². The van der Waals surface area contributed by atoms with E-state index in [9.17, 15) is 10.1 Å². The third-order valence-electron chi connectivity index (χ3n) is 4.18. The fourth-order valence-corrected chi connectivity index (χ4v) is 2.97. The van der Waals surface area contributed by atoms with Gasteiger partial charge in [0.15, 0.2) is 0 Å². The number of anilines is 1. The van der Waals surface area contributed by atoms with Crippen LogP contribution in [0.3, 0.4) is 0 Å². The summed E-state index contributed by atoms with van der Waals surface area (Å²) in [5.74, 6) is 0.998. The fraction of sp³-hybridized carbons (Fsp3) is 0.438. The molecule has 0 saturated carbocycles. The molecule has 3 rings (SSSR count). The molecule has 0 amide bonds. The van der Waals surface area contributed by atoms with Gasteiger partial charge in [0.05, 0.1) is 16.3 Å². The number of aromatic nitrogens is 2. The molecule has 6 nitrogen and oxygen atoms in total. The van der Waals surface area contributed by atoms with Gasteiger partial charge in [-0.15, -0.1) is 0 Å². The average Bonchev–Trinajstić information content (AvgIpc) is 2.69. The van der Waals surface area contributed by atoms with Crippen LogP contribution in [0.4, 0.5) is 11.5 Å². The van der Waals surface area contributed by atoms with Crippen molar-refractivity contribution in [3.8, 4) is 5.69 Å².